The van der Waals surface area contributed by atoms with Gasteiger partial charge in [-0.05, 0) is 68.5 Å². The fourth-order valence-electron chi connectivity index (χ4n) is 2.73. The first-order chi connectivity index (χ1) is 11.5. The van der Waals surface area contributed by atoms with E-state index in [4.69, 9.17) is 4.74 Å². The second-order valence-electron chi connectivity index (χ2n) is 7.17. The second-order valence-corrected chi connectivity index (χ2v) is 9.80. The summed E-state index contributed by atoms with van der Waals surface area (Å²) in [5, 5.41) is 2.82. The summed E-state index contributed by atoms with van der Waals surface area (Å²) in [5.74, 6) is 0. The number of amides is 1. The normalized spacial score (nSPS) is 21.6. The Labute approximate surface area is 157 Å². The molecule has 1 heterocycles. The van der Waals surface area contributed by atoms with Crippen LogP contribution in [0, 0.1) is 0 Å². The highest BCUT2D eigenvalue weighted by molar-refractivity contribution is 9.10. The Morgan fingerprint density at radius 2 is 1.96 bits per heavy atom. The minimum Gasteiger partial charge on any atom is -0.444 e. The van der Waals surface area contributed by atoms with Crippen LogP contribution in [0.25, 0.3) is 0 Å². The number of aromatic nitrogens is 1. The van der Waals surface area contributed by atoms with Crippen molar-refractivity contribution in [2.45, 2.75) is 69.0 Å². The van der Waals surface area contributed by atoms with Crippen molar-refractivity contribution in [1.82, 2.24) is 15.0 Å². The summed E-state index contributed by atoms with van der Waals surface area (Å²) >= 11 is 3.22. The summed E-state index contributed by atoms with van der Waals surface area (Å²) in [5.41, 5.74) is -0.562. The zero-order valence-corrected chi connectivity index (χ0v) is 17.0. The minimum atomic E-state index is -3.65. The lowest BCUT2D eigenvalue weighted by molar-refractivity contribution is 0.0490. The highest BCUT2D eigenvalue weighted by atomic mass is 79.9. The van der Waals surface area contributed by atoms with Gasteiger partial charge in [0.2, 0.25) is 10.0 Å². The third kappa shape index (κ3) is 6.56. The van der Waals surface area contributed by atoms with Gasteiger partial charge in [0.25, 0.3) is 0 Å². The van der Waals surface area contributed by atoms with E-state index in [0.29, 0.717) is 10.9 Å². The van der Waals surface area contributed by atoms with Crippen LogP contribution in [0.2, 0.25) is 0 Å². The van der Waals surface area contributed by atoms with Crippen molar-refractivity contribution >= 4 is 32.0 Å². The summed E-state index contributed by atoms with van der Waals surface area (Å²) in [7, 11) is -3.65. The fraction of sp³-hybridized carbons (Fsp3) is 0.625. The van der Waals surface area contributed by atoms with Crippen molar-refractivity contribution in [1.29, 1.82) is 0 Å². The monoisotopic (exact) mass is 433 g/mol. The molecule has 1 aliphatic rings. The summed E-state index contributed by atoms with van der Waals surface area (Å²) in [6.45, 7) is 5.41. The smallest absolute Gasteiger partial charge is 0.407 e. The molecular weight excluding hydrogens is 410 g/mol. The number of carbonyl (C=O) groups is 1. The van der Waals surface area contributed by atoms with Gasteiger partial charge < -0.3 is 10.1 Å². The van der Waals surface area contributed by atoms with Gasteiger partial charge in [-0.2, -0.15) is 0 Å². The molecule has 9 heteroatoms. The summed E-state index contributed by atoms with van der Waals surface area (Å²) < 4.78 is 33.5. The second kappa shape index (κ2) is 8.01. The standard InChI is InChI=1S/C16H24BrN3O4S/c1-16(2,3)24-15(21)19-12-5-4-6-13(8-12)20-25(22,23)14-7-11(17)9-18-10-14/h7,9-10,12-13,20H,4-6,8H2,1-3H3,(H,19,21)/t12-,13+/m0/s1. The van der Waals surface area contributed by atoms with Crippen LogP contribution in [0.1, 0.15) is 46.5 Å². The molecule has 0 saturated heterocycles. The molecule has 7 nitrogen and oxygen atoms in total. The van der Waals surface area contributed by atoms with E-state index in [-0.39, 0.29) is 17.0 Å². The zero-order valence-electron chi connectivity index (χ0n) is 14.6. The molecule has 1 aromatic heterocycles. The maximum atomic E-state index is 12.5. The molecule has 25 heavy (non-hydrogen) atoms. The number of halogens is 1. The summed E-state index contributed by atoms with van der Waals surface area (Å²) in [4.78, 5) is 15.9. The largest absolute Gasteiger partial charge is 0.444 e. The van der Waals surface area contributed by atoms with Gasteiger partial charge in [0.1, 0.15) is 10.5 Å². The molecule has 1 fully saturated rings. The maximum Gasteiger partial charge on any atom is 0.407 e. The number of nitrogens with one attached hydrogen (secondary N) is 2. The van der Waals surface area contributed by atoms with Crippen molar-refractivity contribution in [2.75, 3.05) is 0 Å². The number of sulfonamides is 1. The van der Waals surface area contributed by atoms with E-state index in [1.807, 2.05) is 0 Å². The lowest BCUT2D eigenvalue weighted by atomic mass is 9.92. The third-order valence-electron chi connectivity index (χ3n) is 3.71. The number of rotatable bonds is 4. The predicted octanol–water partition coefficient (Wildman–Crippen LogP) is 2.96. The van der Waals surface area contributed by atoms with Crippen molar-refractivity contribution in [3.8, 4) is 0 Å². The Morgan fingerprint density at radius 1 is 1.28 bits per heavy atom. The van der Waals surface area contributed by atoms with E-state index in [1.165, 1.54) is 18.5 Å². The minimum absolute atomic E-state index is 0.114. The van der Waals surface area contributed by atoms with Crippen LogP contribution in [0.4, 0.5) is 4.79 Å². The summed E-state index contributed by atoms with van der Waals surface area (Å²) in [6.07, 6.45) is 5.25. The Hall–Kier alpha value is -1.19. The number of alkyl carbamates (subject to hydrolysis) is 1. The molecule has 0 unspecified atom stereocenters. The third-order valence-corrected chi connectivity index (χ3v) is 5.63. The average Bonchev–Trinajstić information content (AvgIpc) is 2.45. The maximum absolute atomic E-state index is 12.5. The highest BCUT2D eigenvalue weighted by Crippen LogP contribution is 2.22. The molecule has 0 bridgehead atoms. The Kier molecular flexibility index (Phi) is 6.45. The van der Waals surface area contributed by atoms with E-state index in [2.05, 4.69) is 31.0 Å². The van der Waals surface area contributed by atoms with Gasteiger partial charge in [-0.25, -0.2) is 17.9 Å². The molecule has 1 saturated carbocycles. The van der Waals surface area contributed by atoms with Gasteiger partial charge in [-0.3, -0.25) is 4.98 Å². The molecule has 2 N–H and O–H groups in total. The first-order valence-electron chi connectivity index (χ1n) is 8.17. The first-order valence-corrected chi connectivity index (χ1v) is 10.5. The van der Waals surface area contributed by atoms with Crippen LogP contribution < -0.4 is 10.0 Å². The fourth-order valence-corrected chi connectivity index (χ4v) is 4.52. The molecule has 0 radical (unpaired) electrons. The number of hydrogen-bond acceptors (Lipinski definition) is 5. The molecule has 140 valence electrons. The van der Waals surface area contributed by atoms with Crippen LogP contribution in [0.5, 0.6) is 0 Å². The predicted molar refractivity (Wildman–Crippen MR) is 97.7 cm³/mol. The van der Waals surface area contributed by atoms with Crippen LogP contribution in [-0.2, 0) is 14.8 Å². The Bertz CT molecular complexity index is 718. The van der Waals surface area contributed by atoms with Crippen molar-refractivity contribution in [2.24, 2.45) is 0 Å². The molecular formula is C16H24BrN3O4S. The van der Waals surface area contributed by atoms with Crippen LogP contribution >= 0.6 is 15.9 Å². The number of hydrogen-bond donors (Lipinski definition) is 2. The summed E-state index contributed by atoms with van der Waals surface area (Å²) in [6, 6.07) is 1.16. The number of nitrogens with zero attached hydrogens (tertiary/aromatic N) is 1. The highest BCUT2D eigenvalue weighted by Gasteiger charge is 2.28. The van der Waals surface area contributed by atoms with Crippen LogP contribution in [-0.4, -0.2) is 37.2 Å². The lowest BCUT2D eigenvalue weighted by Crippen LogP contribution is -2.46. The van der Waals surface area contributed by atoms with E-state index < -0.39 is 21.7 Å². The van der Waals surface area contributed by atoms with Gasteiger partial charge in [-0.15, -0.1) is 0 Å². The zero-order chi connectivity index (χ0) is 18.7. The number of carbonyl (C=O) groups excluding carboxylic acids is 1. The molecule has 0 spiro atoms. The molecule has 2 rings (SSSR count). The molecule has 1 aliphatic carbocycles. The molecule has 0 aromatic carbocycles. The first kappa shape index (κ1) is 20.1. The average molecular weight is 434 g/mol. The van der Waals surface area contributed by atoms with Crippen molar-refractivity contribution in [3.63, 3.8) is 0 Å². The molecule has 2 atom stereocenters. The Balaban J connectivity index is 1.96. The lowest BCUT2D eigenvalue weighted by Gasteiger charge is -2.31. The van der Waals surface area contributed by atoms with Gasteiger partial charge in [0.15, 0.2) is 0 Å². The number of pyridine rings is 1. The van der Waals surface area contributed by atoms with Gasteiger partial charge in [0.05, 0.1) is 0 Å². The molecule has 1 amide bonds. The van der Waals surface area contributed by atoms with Crippen LogP contribution in [0.15, 0.2) is 27.8 Å². The van der Waals surface area contributed by atoms with Gasteiger partial charge >= 0.3 is 6.09 Å². The van der Waals surface area contributed by atoms with E-state index in [9.17, 15) is 13.2 Å². The van der Waals surface area contributed by atoms with Gasteiger partial charge in [-0.1, -0.05) is 0 Å². The van der Waals surface area contributed by atoms with E-state index in [0.717, 1.165) is 19.3 Å². The van der Waals surface area contributed by atoms with E-state index in [1.54, 1.807) is 20.8 Å². The molecule has 0 aliphatic heterocycles. The quantitative estimate of drug-likeness (QED) is 0.760. The van der Waals surface area contributed by atoms with Crippen LogP contribution in [0.3, 0.4) is 0 Å². The van der Waals surface area contributed by atoms with E-state index >= 15 is 0 Å². The molecule has 1 aromatic rings. The SMILES string of the molecule is CC(C)(C)OC(=O)N[C@H]1CCC[C@@H](NS(=O)(=O)c2cncc(Br)c2)C1. The topological polar surface area (TPSA) is 97.4 Å². The van der Waals surface area contributed by atoms with Crippen molar-refractivity contribution in [3.05, 3.63) is 22.9 Å². The Morgan fingerprint density at radius 3 is 2.60 bits per heavy atom. The number of ether oxygens (including phenoxy) is 1. The van der Waals surface area contributed by atoms with Gasteiger partial charge in [0, 0.05) is 29.0 Å². The van der Waals surface area contributed by atoms with Crippen molar-refractivity contribution < 1.29 is 17.9 Å².